The second-order valence-corrected chi connectivity index (χ2v) is 10.7. The van der Waals surface area contributed by atoms with Crippen LogP contribution in [0.5, 0.6) is 0 Å². The monoisotopic (exact) mass is 514 g/mol. The lowest BCUT2D eigenvalue weighted by Crippen LogP contribution is -2.05. The first kappa shape index (κ1) is 24.1. The summed E-state index contributed by atoms with van der Waals surface area (Å²) in [6.45, 7) is 4.21. The van der Waals surface area contributed by atoms with Crippen molar-refractivity contribution in [2.45, 2.75) is 39.5 Å². The van der Waals surface area contributed by atoms with Crippen LogP contribution in [-0.4, -0.2) is 21.5 Å². The van der Waals surface area contributed by atoms with E-state index in [0.29, 0.717) is 32.3 Å². The maximum absolute atomic E-state index is 13.2. The van der Waals surface area contributed by atoms with E-state index in [-0.39, 0.29) is 11.6 Å². The summed E-state index contributed by atoms with van der Waals surface area (Å²) in [6, 6.07) is 14.5. The molecule has 0 unspecified atom stereocenters. The van der Waals surface area contributed by atoms with E-state index >= 15 is 0 Å². The number of carbonyl (C=O) groups excluding carboxylic acids is 2. The van der Waals surface area contributed by atoms with Crippen LogP contribution in [0.1, 0.15) is 68.5 Å². The molecule has 182 valence electrons. The topological polar surface area (TPSA) is 112 Å². The van der Waals surface area contributed by atoms with Crippen molar-refractivity contribution in [3.8, 4) is 0 Å². The number of hydrogen-bond donors (Lipinski definition) is 2. The molecule has 1 aromatic carbocycles. The van der Waals surface area contributed by atoms with Crippen molar-refractivity contribution in [1.29, 1.82) is 0 Å². The highest BCUT2D eigenvalue weighted by molar-refractivity contribution is 7.21. The van der Waals surface area contributed by atoms with Gasteiger partial charge in [0.05, 0.1) is 11.4 Å². The Balaban J connectivity index is 1.42. The van der Waals surface area contributed by atoms with Gasteiger partial charge in [0, 0.05) is 33.3 Å². The molecular weight excluding hydrogens is 488 g/mol. The van der Waals surface area contributed by atoms with Crippen molar-refractivity contribution in [1.82, 2.24) is 9.97 Å². The minimum absolute atomic E-state index is 0.180. The number of aryl methyl sites for hydroxylation is 2. The number of aromatic nitrogens is 2. The summed E-state index contributed by atoms with van der Waals surface area (Å²) >= 11 is 2.62. The lowest BCUT2D eigenvalue weighted by Gasteiger charge is -2.03. The highest BCUT2D eigenvalue weighted by Gasteiger charge is 2.22. The Morgan fingerprint density at radius 1 is 0.667 bits per heavy atom. The van der Waals surface area contributed by atoms with E-state index in [1.807, 2.05) is 24.3 Å². The molecular formula is C28H26N4O2S2. The van der Waals surface area contributed by atoms with Gasteiger partial charge in [0.1, 0.15) is 19.4 Å². The highest BCUT2D eigenvalue weighted by atomic mass is 32.1. The molecule has 0 amide bonds. The van der Waals surface area contributed by atoms with E-state index in [4.69, 9.17) is 11.5 Å². The Morgan fingerprint density at radius 3 is 1.42 bits per heavy atom. The van der Waals surface area contributed by atoms with Crippen LogP contribution in [0.25, 0.3) is 20.4 Å². The Morgan fingerprint density at radius 2 is 1.06 bits per heavy atom. The number of rotatable bonds is 8. The van der Waals surface area contributed by atoms with Gasteiger partial charge in [-0.15, -0.1) is 22.7 Å². The molecule has 0 fully saturated rings. The number of pyridine rings is 2. The third-order valence-corrected chi connectivity index (χ3v) is 8.36. The zero-order chi connectivity index (χ0) is 25.4. The number of thiophene rings is 2. The van der Waals surface area contributed by atoms with Crippen molar-refractivity contribution in [3.63, 3.8) is 0 Å². The fourth-order valence-corrected chi connectivity index (χ4v) is 6.38. The molecule has 4 aromatic heterocycles. The number of nitrogen functional groups attached to an aromatic ring is 2. The van der Waals surface area contributed by atoms with Gasteiger partial charge in [-0.1, -0.05) is 51.0 Å². The van der Waals surface area contributed by atoms with Crippen LogP contribution in [0.2, 0.25) is 0 Å². The number of hydrogen-bond acceptors (Lipinski definition) is 8. The van der Waals surface area contributed by atoms with E-state index in [2.05, 4.69) is 23.8 Å². The van der Waals surface area contributed by atoms with Crippen molar-refractivity contribution in [2.75, 3.05) is 11.5 Å². The molecule has 0 aliphatic carbocycles. The van der Waals surface area contributed by atoms with Gasteiger partial charge in [0.2, 0.25) is 11.6 Å². The van der Waals surface area contributed by atoms with Gasteiger partial charge in [-0.2, -0.15) is 0 Å². The minimum Gasteiger partial charge on any atom is -0.397 e. The molecule has 6 nitrogen and oxygen atoms in total. The van der Waals surface area contributed by atoms with Crippen LogP contribution < -0.4 is 11.5 Å². The number of benzene rings is 1. The van der Waals surface area contributed by atoms with Crippen LogP contribution >= 0.6 is 22.7 Å². The molecule has 4 N–H and O–H groups in total. The normalized spacial score (nSPS) is 11.4. The lowest BCUT2D eigenvalue weighted by molar-refractivity contribution is 0.103. The summed E-state index contributed by atoms with van der Waals surface area (Å²) in [7, 11) is 0. The first-order chi connectivity index (χ1) is 17.4. The Kier molecular flexibility index (Phi) is 6.55. The molecule has 4 heterocycles. The van der Waals surface area contributed by atoms with Crippen molar-refractivity contribution < 1.29 is 9.59 Å². The van der Waals surface area contributed by atoms with Crippen molar-refractivity contribution in [3.05, 3.63) is 80.8 Å². The summed E-state index contributed by atoms with van der Waals surface area (Å²) in [4.78, 5) is 38.3. The second-order valence-electron chi connectivity index (χ2n) is 8.74. The number of carbonyl (C=O) groups is 2. The number of ketones is 2. The molecule has 0 atom stereocenters. The van der Waals surface area contributed by atoms with Gasteiger partial charge < -0.3 is 11.5 Å². The minimum atomic E-state index is -0.180. The highest BCUT2D eigenvalue weighted by Crippen LogP contribution is 2.36. The summed E-state index contributed by atoms with van der Waals surface area (Å²) in [6.07, 6.45) is 3.76. The van der Waals surface area contributed by atoms with Crippen LogP contribution in [-0.2, 0) is 12.8 Å². The largest absolute Gasteiger partial charge is 0.397 e. The van der Waals surface area contributed by atoms with Crippen molar-refractivity contribution >= 4 is 66.0 Å². The van der Waals surface area contributed by atoms with Gasteiger partial charge in [-0.05, 0) is 37.1 Å². The molecule has 8 heteroatoms. The zero-order valence-electron chi connectivity index (χ0n) is 20.1. The molecule has 0 spiro atoms. The summed E-state index contributed by atoms with van der Waals surface area (Å²) in [5.74, 6) is -0.360. The van der Waals surface area contributed by atoms with Crippen LogP contribution in [0.3, 0.4) is 0 Å². The molecule has 0 saturated heterocycles. The van der Waals surface area contributed by atoms with Gasteiger partial charge in [0.15, 0.2) is 0 Å². The second kappa shape index (κ2) is 9.79. The van der Waals surface area contributed by atoms with E-state index < -0.39 is 0 Å². The first-order valence-electron chi connectivity index (χ1n) is 12.0. The smallest absolute Gasteiger partial charge is 0.205 e. The van der Waals surface area contributed by atoms with Crippen molar-refractivity contribution in [2.24, 2.45) is 0 Å². The Hall–Kier alpha value is -3.62. The molecule has 36 heavy (non-hydrogen) atoms. The molecule has 0 bridgehead atoms. The summed E-state index contributed by atoms with van der Waals surface area (Å²) in [5.41, 5.74) is 16.4. The predicted molar refractivity (Wildman–Crippen MR) is 149 cm³/mol. The number of nitrogens with zero attached hydrogens (tertiary/aromatic N) is 2. The average Bonchev–Trinajstić information content (AvgIpc) is 3.39. The first-order valence-corrected chi connectivity index (χ1v) is 13.6. The predicted octanol–water partition coefficient (Wildman–Crippen LogP) is 6.44. The summed E-state index contributed by atoms with van der Waals surface area (Å²) < 4.78 is 0. The van der Waals surface area contributed by atoms with Gasteiger partial charge in [0.25, 0.3) is 0 Å². The van der Waals surface area contributed by atoms with Gasteiger partial charge >= 0.3 is 0 Å². The van der Waals surface area contributed by atoms with Gasteiger partial charge in [-0.3, -0.25) is 9.59 Å². The Bertz CT molecular complexity index is 1500. The molecule has 0 aliphatic rings. The van der Waals surface area contributed by atoms with E-state index in [0.717, 1.165) is 57.5 Å². The molecule has 0 radical (unpaired) electrons. The molecule has 0 saturated carbocycles. The third kappa shape index (κ3) is 4.27. The summed E-state index contributed by atoms with van der Waals surface area (Å²) in [5, 5.41) is 1.59. The number of fused-ring (bicyclic) bond motifs is 2. The number of nitrogens with two attached hydrogens (primary N) is 2. The van der Waals surface area contributed by atoms with E-state index in [9.17, 15) is 9.59 Å². The standard InChI is InChI=1S/C28H26N4O2S2/c1-3-5-17-11-13-19-21(29)25(35-27(19)31-17)23(33)15-7-9-16(10-8-15)24(34)26-22(30)20-14-12-18(6-4-2)32-28(20)36-26/h7-14H,3-6,29-30H2,1-2H3. The average molecular weight is 515 g/mol. The van der Waals surface area contributed by atoms with Crippen LogP contribution in [0.15, 0.2) is 48.5 Å². The van der Waals surface area contributed by atoms with Crippen LogP contribution in [0, 0.1) is 0 Å². The zero-order valence-corrected chi connectivity index (χ0v) is 21.8. The molecule has 5 rings (SSSR count). The number of anilines is 2. The maximum Gasteiger partial charge on any atom is 0.205 e. The quantitative estimate of drug-likeness (QED) is 0.231. The van der Waals surface area contributed by atoms with Crippen LogP contribution in [0.4, 0.5) is 11.4 Å². The third-order valence-electron chi connectivity index (χ3n) is 6.14. The maximum atomic E-state index is 13.2. The lowest BCUT2D eigenvalue weighted by atomic mass is 10.0. The fourth-order valence-electron chi connectivity index (χ4n) is 4.23. The Labute approximate surface area is 217 Å². The van der Waals surface area contributed by atoms with E-state index in [1.54, 1.807) is 24.3 Å². The van der Waals surface area contributed by atoms with Gasteiger partial charge in [-0.25, -0.2) is 9.97 Å². The SMILES string of the molecule is CCCc1ccc2c(N)c(C(=O)c3ccc(C(=O)c4sc5nc(CCC)ccc5c4N)cc3)sc2n1. The molecule has 5 aromatic rings. The molecule has 0 aliphatic heterocycles. The van der Waals surface area contributed by atoms with E-state index in [1.165, 1.54) is 22.7 Å². The fraction of sp³-hybridized carbons (Fsp3) is 0.214.